The van der Waals surface area contributed by atoms with E-state index >= 15 is 0 Å². The summed E-state index contributed by atoms with van der Waals surface area (Å²) in [7, 11) is 0.434. The highest BCUT2D eigenvalue weighted by atomic mass is 35.5. The Morgan fingerprint density at radius 2 is 1.56 bits per heavy atom. The first kappa shape index (κ1) is 28.3. The van der Waals surface area contributed by atoms with E-state index in [1.165, 1.54) is 0 Å². The van der Waals surface area contributed by atoms with Crippen LogP contribution in [0.2, 0.25) is 30.7 Å². The number of aromatic nitrogens is 3. The van der Waals surface area contributed by atoms with E-state index in [2.05, 4.69) is 43.9 Å². The molecule has 0 bridgehead atoms. The van der Waals surface area contributed by atoms with Crippen LogP contribution >= 0.6 is 11.6 Å². The Morgan fingerprint density at radius 3 is 2.27 bits per heavy atom. The standard InChI is InChI=1S/C31H36ClN3O5Si/c1-36-25-17-38-29-26(18-39-28(25)29)40-31-34-30-24(35(31)19-37-14-15-41(2,3)4)16-23(32)27(33-30)22-12-10-21(11-13-22)20-8-6-5-7-9-20/h5-13,16,25-26,28-29H,14-15,17-19H2,1-4H3/t25-,26-,28+,29-/m1/s1. The van der Waals surface area contributed by atoms with Gasteiger partial charge in [-0.3, -0.25) is 4.57 Å². The summed E-state index contributed by atoms with van der Waals surface area (Å²) in [6, 6.07) is 21.9. The zero-order chi connectivity index (χ0) is 28.6. The van der Waals surface area contributed by atoms with E-state index < -0.39 is 8.07 Å². The van der Waals surface area contributed by atoms with Crippen molar-refractivity contribution in [2.45, 2.75) is 56.8 Å². The number of imidazole rings is 1. The Balaban J connectivity index is 1.30. The number of halogens is 1. The third kappa shape index (κ3) is 6.06. The van der Waals surface area contributed by atoms with Gasteiger partial charge in [-0.2, -0.15) is 4.98 Å². The predicted octanol–water partition coefficient (Wildman–Crippen LogP) is 6.29. The molecule has 0 spiro atoms. The highest BCUT2D eigenvalue weighted by molar-refractivity contribution is 6.76. The van der Waals surface area contributed by atoms with Crippen molar-refractivity contribution >= 4 is 30.8 Å². The molecule has 2 aliphatic heterocycles. The van der Waals surface area contributed by atoms with Crippen LogP contribution in [0.1, 0.15) is 0 Å². The number of ether oxygens (including phenoxy) is 5. The zero-order valence-electron chi connectivity index (χ0n) is 23.9. The maximum absolute atomic E-state index is 6.84. The van der Waals surface area contributed by atoms with Crippen LogP contribution in [0.4, 0.5) is 0 Å². The van der Waals surface area contributed by atoms with Crippen LogP contribution in [0.25, 0.3) is 33.5 Å². The Kier molecular flexibility index (Phi) is 8.18. The van der Waals surface area contributed by atoms with Crippen LogP contribution in [0.5, 0.6) is 6.01 Å². The van der Waals surface area contributed by atoms with E-state index in [1.807, 2.05) is 41.0 Å². The van der Waals surface area contributed by atoms with Crippen molar-refractivity contribution in [2.24, 2.45) is 0 Å². The molecular weight excluding hydrogens is 558 g/mol. The molecular formula is C31H36ClN3O5Si. The summed E-state index contributed by atoms with van der Waals surface area (Å²) < 4.78 is 31.9. The minimum absolute atomic E-state index is 0.103. The number of nitrogens with zero attached hydrogens (tertiary/aromatic N) is 3. The van der Waals surface area contributed by atoms with Gasteiger partial charge >= 0.3 is 6.01 Å². The van der Waals surface area contributed by atoms with E-state index in [-0.39, 0.29) is 31.1 Å². The topological polar surface area (TPSA) is 76.9 Å². The van der Waals surface area contributed by atoms with Gasteiger partial charge in [-0.05, 0) is 23.2 Å². The molecule has 216 valence electrons. The fourth-order valence-electron chi connectivity index (χ4n) is 5.27. The molecule has 2 aromatic heterocycles. The third-order valence-corrected chi connectivity index (χ3v) is 9.66. The molecule has 2 aliphatic rings. The summed E-state index contributed by atoms with van der Waals surface area (Å²) in [5, 5.41) is 0.533. The van der Waals surface area contributed by atoms with Crippen molar-refractivity contribution in [3.05, 3.63) is 65.7 Å². The van der Waals surface area contributed by atoms with Gasteiger partial charge in [0.05, 0.1) is 29.4 Å². The smallest absolute Gasteiger partial charge is 0.301 e. The monoisotopic (exact) mass is 593 g/mol. The van der Waals surface area contributed by atoms with Gasteiger partial charge in [0.2, 0.25) is 0 Å². The minimum Gasteiger partial charge on any atom is -0.456 e. The molecule has 4 heterocycles. The number of fused-ring (bicyclic) bond motifs is 2. The Labute approximate surface area is 246 Å². The molecule has 2 aromatic carbocycles. The molecule has 0 unspecified atom stereocenters. The van der Waals surface area contributed by atoms with Gasteiger partial charge in [-0.1, -0.05) is 85.8 Å². The van der Waals surface area contributed by atoms with Gasteiger partial charge in [0, 0.05) is 27.4 Å². The molecule has 4 aromatic rings. The molecule has 10 heteroatoms. The molecule has 0 aliphatic carbocycles. The average molecular weight is 594 g/mol. The molecule has 8 nitrogen and oxygen atoms in total. The first-order valence-corrected chi connectivity index (χ1v) is 18.1. The third-order valence-electron chi connectivity index (χ3n) is 7.66. The minimum atomic E-state index is -1.24. The SMILES string of the molecule is CO[C@@H]1CO[C@H]2[C@H]1OC[C@H]2Oc1nc2nc(-c3ccc(-c4ccccc4)cc3)c(Cl)cc2n1COCC[Si](C)(C)C. The van der Waals surface area contributed by atoms with Gasteiger partial charge in [-0.15, -0.1) is 0 Å². The summed E-state index contributed by atoms with van der Waals surface area (Å²) >= 11 is 6.84. The number of rotatable bonds is 10. The lowest BCUT2D eigenvalue weighted by molar-refractivity contribution is -0.0157. The lowest BCUT2D eigenvalue weighted by Gasteiger charge is -2.19. The van der Waals surface area contributed by atoms with Crippen LogP contribution in [0.15, 0.2) is 60.7 Å². The van der Waals surface area contributed by atoms with E-state index in [0.717, 1.165) is 28.3 Å². The van der Waals surface area contributed by atoms with Gasteiger partial charge in [0.25, 0.3) is 0 Å². The van der Waals surface area contributed by atoms with Crippen LogP contribution < -0.4 is 4.74 Å². The molecule has 0 N–H and O–H groups in total. The van der Waals surface area contributed by atoms with Crippen molar-refractivity contribution in [1.29, 1.82) is 0 Å². The van der Waals surface area contributed by atoms with E-state index in [1.54, 1.807) is 7.11 Å². The average Bonchev–Trinajstić information content (AvgIpc) is 3.65. The molecule has 0 radical (unpaired) electrons. The van der Waals surface area contributed by atoms with Crippen molar-refractivity contribution < 1.29 is 23.7 Å². The number of hydrogen-bond donors (Lipinski definition) is 0. The number of pyridine rings is 1. The van der Waals surface area contributed by atoms with Gasteiger partial charge in [0.1, 0.15) is 25.0 Å². The fourth-order valence-corrected chi connectivity index (χ4v) is 6.29. The number of benzene rings is 2. The van der Waals surface area contributed by atoms with Crippen LogP contribution in [-0.2, 0) is 25.7 Å². The second kappa shape index (κ2) is 11.8. The summed E-state index contributed by atoms with van der Waals surface area (Å²) in [4.78, 5) is 9.69. The zero-order valence-corrected chi connectivity index (χ0v) is 25.6. The normalized spacial score (nSPS) is 22.4. The van der Waals surface area contributed by atoms with Crippen molar-refractivity contribution in [3.63, 3.8) is 0 Å². The number of hydrogen-bond acceptors (Lipinski definition) is 7. The van der Waals surface area contributed by atoms with Gasteiger partial charge in [-0.25, -0.2) is 4.98 Å². The van der Waals surface area contributed by atoms with Gasteiger partial charge < -0.3 is 23.7 Å². The summed E-state index contributed by atoms with van der Waals surface area (Å²) in [6.45, 7) is 8.81. The second-order valence-electron chi connectivity index (χ2n) is 11.8. The molecule has 41 heavy (non-hydrogen) atoms. The first-order valence-electron chi connectivity index (χ1n) is 14.0. The maximum atomic E-state index is 6.84. The van der Waals surface area contributed by atoms with Crippen LogP contribution in [-0.4, -0.2) is 74.0 Å². The first-order chi connectivity index (χ1) is 19.8. The van der Waals surface area contributed by atoms with Crippen molar-refractivity contribution in [3.8, 4) is 28.4 Å². The second-order valence-corrected chi connectivity index (χ2v) is 17.8. The summed E-state index contributed by atoms with van der Waals surface area (Å²) in [5.41, 5.74) is 5.16. The van der Waals surface area contributed by atoms with Crippen LogP contribution in [0, 0.1) is 0 Å². The van der Waals surface area contributed by atoms with E-state index in [4.69, 9.17) is 45.3 Å². The summed E-state index contributed by atoms with van der Waals surface area (Å²) in [5.74, 6) is 0. The van der Waals surface area contributed by atoms with Crippen molar-refractivity contribution in [2.75, 3.05) is 26.9 Å². The van der Waals surface area contributed by atoms with E-state index in [9.17, 15) is 0 Å². The fraction of sp³-hybridized carbons (Fsp3) is 0.419. The summed E-state index contributed by atoms with van der Waals surface area (Å²) in [6.07, 6.45) is -0.808. The molecule has 0 amide bonds. The molecule has 4 atom stereocenters. The van der Waals surface area contributed by atoms with Crippen LogP contribution in [0.3, 0.4) is 0 Å². The van der Waals surface area contributed by atoms with Crippen molar-refractivity contribution in [1.82, 2.24) is 14.5 Å². The highest BCUT2D eigenvalue weighted by Crippen LogP contribution is 2.35. The molecule has 0 saturated carbocycles. The predicted molar refractivity (Wildman–Crippen MR) is 162 cm³/mol. The lowest BCUT2D eigenvalue weighted by atomic mass is 10.0. The number of methoxy groups -OCH3 is 1. The van der Waals surface area contributed by atoms with E-state index in [0.29, 0.717) is 42.2 Å². The Morgan fingerprint density at radius 1 is 0.902 bits per heavy atom. The molecule has 2 saturated heterocycles. The maximum Gasteiger partial charge on any atom is 0.301 e. The molecule has 6 rings (SSSR count). The lowest BCUT2D eigenvalue weighted by Crippen LogP contribution is -2.35. The largest absolute Gasteiger partial charge is 0.456 e. The highest BCUT2D eigenvalue weighted by Gasteiger charge is 2.49. The van der Waals surface area contributed by atoms with Gasteiger partial charge in [0.15, 0.2) is 11.8 Å². The quantitative estimate of drug-likeness (QED) is 0.158. The Hall–Kier alpha value is -2.79. The molecule has 2 fully saturated rings. The Bertz CT molecular complexity index is 1490.